The predicted molar refractivity (Wildman–Crippen MR) is 61.0 cm³/mol. The zero-order valence-corrected chi connectivity index (χ0v) is 10.2. The van der Waals surface area contributed by atoms with Crippen LogP contribution in [0.4, 0.5) is 0 Å². The van der Waals surface area contributed by atoms with Crippen LogP contribution in [-0.2, 0) is 16.6 Å². The SMILES string of the molecule is CCOC(=O)C(N)CCSc1ncnn1C. The number of hydrogen-bond acceptors (Lipinski definition) is 6. The average Bonchev–Trinajstić information content (AvgIpc) is 2.65. The summed E-state index contributed by atoms with van der Waals surface area (Å²) in [6.07, 6.45) is 2.06. The van der Waals surface area contributed by atoms with Crippen LogP contribution in [-0.4, -0.2) is 39.1 Å². The Labute approximate surface area is 98.6 Å². The first-order chi connectivity index (χ1) is 7.65. The highest BCUT2D eigenvalue weighted by atomic mass is 32.2. The van der Waals surface area contributed by atoms with Gasteiger partial charge in [-0.3, -0.25) is 4.79 Å². The molecule has 1 unspecified atom stereocenters. The number of nitrogens with zero attached hydrogens (tertiary/aromatic N) is 3. The summed E-state index contributed by atoms with van der Waals surface area (Å²) in [5.41, 5.74) is 5.65. The predicted octanol–water partition coefficient (Wildman–Crippen LogP) is 0.188. The van der Waals surface area contributed by atoms with E-state index >= 15 is 0 Å². The number of aryl methyl sites for hydroxylation is 1. The summed E-state index contributed by atoms with van der Waals surface area (Å²) < 4.78 is 6.49. The van der Waals surface area contributed by atoms with Crippen molar-refractivity contribution in [2.75, 3.05) is 12.4 Å². The molecule has 0 radical (unpaired) electrons. The van der Waals surface area contributed by atoms with Gasteiger partial charge < -0.3 is 10.5 Å². The van der Waals surface area contributed by atoms with Crippen LogP contribution in [0.2, 0.25) is 0 Å². The van der Waals surface area contributed by atoms with Crippen LogP contribution in [0.1, 0.15) is 13.3 Å². The van der Waals surface area contributed by atoms with Gasteiger partial charge in [0.05, 0.1) is 6.61 Å². The molecule has 0 aliphatic rings. The highest BCUT2D eigenvalue weighted by Gasteiger charge is 2.14. The molecule has 0 amide bonds. The minimum atomic E-state index is -0.555. The first-order valence-electron chi connectivity index (χ1n) is 5.04. The van der Waals surface area contributed by atoms with Crippen LogP contribution in [0.25, 0.3) is 0 Å². The van der Waals surface area contributed by atoms with Crippen molar-refractivity contribution in [2.24, 2.45) is 12.8 Å². The second-order valence-corrected chi connectivity index (χ2v) is 4.22. The van der Waals surface area contributed by atoms with Gasteiger partial charge in [0.15, 0.2) is 5.16 Å². The summed E-state index contributed by atoms with van der Waals surface area (Å²) in [6.45, 7) is 2.13. The molecule has 0 aliphatic carbocycles. The van der Waals surface area contributed by atoms with Crippen molar-refractivity contribution in [3.05, 3.63) is 6.33 Å². The second-order valence-electron chi connectivity index (χ2n) is 3.16. The summed E-state index contributed by atoms with van der Waals surface area (Å²) >= 11 is 1.52. The van der Waals surface area contributed by atoms with E-state index in [1.54, 1.807) is 11.6 Å². The van der Waals surface area contributed by atoms with E-state index in [1.165, 1.54) is 18.1 Å². The molecule has 0 spiro atoms. The summed E-state index contributed by atoms with van der Waals surface area (Å²) in [4.78, 5) is 15.3. The molecule has 16 heavy (non-hydrogen) atoms. The third-order valence-corrected chi connectivity index (χ3v) is 2.99. The Morgan fingerprint density at radius 1 is 1.75 bits per heavy atom. The Morgan fingerprint density at radius 2 is 2.50 bits per heavy atom. The van der Waals surface area contributed by atoms with Gasteiger partial charge in [0.2, 0.25) is 0 Å². The van der Waals surface area contributed by atoms with Crippen LogP contribution in [0.15, 0.2) is 11.5 Å². The number of aromatic nitrogens is 3. The van der Waals surface area contributed by atoms with Crippen molar-refractivity contribution < 1.29 is 9.53 Å². The number of esters is 1. The van der Waals surface area contributed by atoms with E-state index in [9.17, 15) is 4.79 Å². The maximum atomic E-state index is 11.2. The van der Waals surface area contributed by atoms with E-state index in [1.807, 2.05) is 7.05 Å². The van der Waals surface area contributed by atoms with Crippen molar-refractivity contribution >= 4 is 17.7 Å². The van der Waals surface area contributed by atoms with Gasteiger partial charge in [0, 0.05) is 12.8 Å². The molecule has 1 aromatic heterocycles. The molecule has 0 aromatic carbocycles. The first-order valence-corrected chi connectivity index (χ1v) is 6.02. The van der Waals surface area contributed by atoms with Gasteiger partial charge in [0.1, 0.15) is 12.4 Å². The zero-order valence-electron chi connectivity index (χ0n) is 9.42. The highest BCUT2D eigenvalue weighted by Crippen LogP contribution is 2.14. The maximum absolute atomic E-state index is 11.2. The van der Waals surface area contributed by atoms with Gasteiger partial charge in [-0.1, -0.05) is 11.8 Å². The Hall–Kier alpha value is -1.08. The standard InChI is InChI=1S/C9H16N4O2S/c1-3-15-8(14)7(10)4-5-16-9-11-6-12-13(9)2/h6-7H,3-5,10H2,1-2H3. The number of hydrogen-bond donors (Lipinski definition) is 1. The fraction of sp³-hybridized carbons (Fsp3) is 0.667. The summed E-state index contributed by atoms with van der Waals surface area (Å²) in [5, 5.41) is 4.76. The lowest BCUT2D eigenvalue weighted by Gasteiger charge is -2.09. The Morgan fingerprint density at radius 3 is 3.06 bits per heavy atom. The van der Waals surface area contributed by atoms with E-state index in [0.717, 1.165) is 5.16 Å². The molecule has 6 nitrogen and oxygen atoms in total. The summed E-state index contributed by atoms with van der Waals surface area (Å²) in [5.74, 6) is 0.369. The lowest BCUT2D eigenvalue weighted by atomic mass is 10.2. The normalized spacial score (nSPS) is 12.4. The summed E-state index contributed by atoms with van der Waals surface area (Å²) in [7, 11) is 1.82. The number of nitrogens with two attached hydrogens (primary N) is 1. The van der Waals surface area contributed by atoms with E-state index in [4.69, 9.17) is 10.5 Å². The van der Waals surface area contributed by atoms with E-state index in [0.29, 0.717) is 18.8 Å². The largest absolute Gasteiger partial charge is 0.465 e. The van der Waals surface area contributed by atoms with Crippen molar-refractivity contribution in [3.63, 3.8) is 0 Å². The molecular formula is C9H16N4O2S. The molecule has 0 fully saturated rings. The van der Waals surface area contributed by atoms with Gasteiger partial charge >= 0.3 is 5.97 Å². The highest BCUT2D eigenvalue weighted by molar-refractivity contribution is 7.99. The molecule has 0 saturated heterocycles. The van der Waals surface area contributed by atoms with Crippen molar-refractivity contribution in [3.8, 4) is 0 Å². The van der Waals surface area contributed by atoms with Gasteiger partial charge in [-0.25, -0.2) is 9.67 Å². The molecule has 0 bridgehead atoms. The Balaban J connectivity index is 2.25. The van der Waals surface area contributed by atoms with Crippen LogP contribution < -0.4 is 5.73 Å². The lowest BCUT2D eigenvalue weighted by molar-refractivity contribution is -0.144. The molecule has 90 valence electrons. The number of carbonyl (C=O) groups excluding carboxylic acids is 1. The third-order valence-electron chi connectivity index (χ3n) is 1.92. The Bertz CT molecular complexity index is 342. The maximum Gasteiger partial charge on any atom is 0.322 e. The fourth-order valence-electron chi connectivity index (χ4n) is 1.06. The van der Waals surface area contributed by atoms with E-state index in [-0.39, 0.29) is 5.97 Å². The monoisotopic (exact) mass is 244 g/mol. The molecule has 1 atom stereocenters. The van der Waals surface area contributed by atoms with Gasteiger partial charge in [0.25, 0.3) is 0 Å². The second kappa shape index (κ2) is 6.49. The number of thioether (sulfide) groups is 1. The topological polar surface area (TPSA) is 83.0 Å². The molecule has 2 N–H and O–H groups in total. The van der Waals surface area contributed by atoms with Crippen LogP contribution in [0, 0.1) is 0 Å². The number of ether oxygens (including phenoxy) is 1. The quantitative estimate of drug-likeness (QED) is 0.568. The van der Waals surface area contributed by atoms with Crippen molar-refractivity contribution in [1.82, 2.24) is 14.8 Å². The Kier molecular flexibility index (Phi) is 5.27. The molecule has 0 saturated carbocycles. The number of carbonyl (C=O) groups is 1. The number of rotatable bonds is 6. The van der Waals surface area contributed by atoms with E-state index < -0.39 is 6.04 Å². The molecule has 0 aliphatic heterocycles. The molecular weight excluding hydrogens is 228 g/mol. The van der Waals surface area contributed by atoms with Gasteiger partial charge in [-0.2, -0.15) is 5.10 Å². The molecule has 1 aromatic rings. The van der Waals surface area contributed by atoms with Crippen molar-refractivity contribution in [2.45, 2.75) is 24.5 Å². The third kappa shape index (κ3) is 3.82. The average molecular weight is 244 g/mol. The van der Waals surface area contributed by atoms with Crippen LogP contribution in [0.3, 0.4) is 0 Å². The van der Waals surface area contributed by atoms with Crippen LogP contribution >= 0.6 is 11.8 Å². The zero-order chi connectivity index (χ0) is 12.0. The summed E-state index contributed by atoms with van der Waals surface area (Å²) in [6, 6.07) is -0.555. The lowest BCUT2D eigenvalue weighted by Crippen LogP contribution is -2.32. The van der Waals surface area contributed by atoms with Gasteiger partial charge in [-0.05, 0) is 13.3 Å². The molecule has 1 rings (SSSR count). The van der Waals surface area contributed by atoms with Crippen LogP contribution in [0.5, 0.6) is 0 Å². The smallest absolute Gasteiger partial charge is 0.322 e. The minimum Gasteiger partial charge on any atom is -0.465 e. The minimum absolute atomic E-state index is 0.346. The van der Waals surface area contributed by atoms with Gasteiger partial charge in [-0.15, -0.1) is 0 Å². The fourth-order valence-corrected chi connectivity index (χ4v) is 1.97. The molecule has 1 heterocycles. The molecule has 7 heteroatoms. The first kappa shape index (κ1) is 13.0. The van der Waals surface area contributed by atoms with Crippen molar-refractivity contribution in [1.29, 1.82) is 0 Å². The van der Waals surface area contributed by atoms with E-state index in [2.05, 4.69) is 10.1 Å².